The molecule has 0 spiro atoms. The van der Waals surface area contributed by atoms with Crippen LogP contribution in [0.25, 0.3) is 0 Å². The average molecular weight is 418 g/mol. The summed E-state index contributed by atoms with van der Waals surface area (Å²) >= 11 is 7.19. The van der Waals surface area contributed by atoms with Crippen molar-refractivity contribution in [2.24, 2.45) is 0 Å². The predicted octanol–water partition coefficient (Wildman–Crippen LogP) is 4.37. The summed E-state index contributed by atoms with van der Waals surface area (Å²) in [4.78, 5) is 39.1. The van der Waals surface area contributed by atoms with E-state index in [1.807, 2.05) is 12.1 Å². The first-order valence-corrected chi connectivity index (χ1v) is 10.2. The number of benzene rings is 2. The van der Waals surface area contributed by atoms with Crippen LogP contribution in [0.3, 0.4) is 0 Å². The van der Waals surface area contributed by atoms with Gasteiger partial charge in [0.15, 0.2) is 12.4 Å². The molecule has 0 aliphatic carbocycles. The topological polar surface area (TPSA) is 63.7 Å². The van der Waals surface area contributed by atoms with E-state index in [0.29, 0.717) is 29.2 Å². The largest absolute Gasteiger partial charge is 0.456 e. The number of rotatable bonds is 7. The lowest BCUT2D eigenvalue weighted by Gasteiger charge is -2.16. The molecular weight excluding hydrogens is 398 g/mol. The first kappa shape index (κ1) is 20.4. The molecule has 1 heterocycles. The van der Waals surface area contributed by atoms with E-state index in [-0.39, 0.29) is 18.3 Å². The average Bonchev–Trinajstić information content (AvgIpc) is 3.13. The van der Waals surface area contributed by atoms with Gasteiger partial charge in [-0.2, -0.15) is 0 Å². The third-order valence-electron chi connectivity index (χ3n) is 4.36. The summed E-state index contributed by atoms with van der Waals surface area (Å²) in [7, 11) is 0. The van der Waals surface area contributed by atoms with Crippen LogP contribution in [0.1, 0.15) is 30.1 Å². The molecule has 0 saturated carbocycles. The normalized spacial score (nSPS) is 14.8. The van der Waals surface area contributed by atoms with Gasteiger partial charge >= 0.3 is 5.97 Å². The molecule has 0 aromatic heterocycles. The molecular formula is C21H20ClNO4S. The highest BCUT2D eigenvalue weighted by Crippen LogP contribution is 2.26. The SMILES string of the molecule is C[C@@H](Sc1ccc(Cl)cc1)C(=O)OCC(=O)c1cccc(N2CCCC2=O)c1. The van der Waals surface area contributed by atoms with Crippen LogP contribution < -0.4 is 4.90 Å². The number of ether oxygens (including phenoxy) is 1. The molecule has 0 bridgehead atoms. The minimum Gasteiger partial charge on any atom is -0.456 e. The second-order valence-corrected chi connectivity index (χ2v) is 8.29. The second kappa shape index (κ2) is 9.26. The van der Waals surface area contributed by atoms with E-state index in [2.05, 4.69) is 0 Å². The summed E-state index contributed by atoms with van der Waals surface area (Å²) in [5.74, 6) is -0.700. The van der Waals surface area contributed by atoms with Gasteiger partial charge in [-0.15, -0.1) is 11.8 Å². The number of ketones is 1. The van der Waals surface area contributed by atoms with Gasteiger partial charge < -0.3 is 9.64 Å². The molecule has 1 saturated heterocycles. The molecule has 146 valence electrons. The van der Waals surface area contributed by atoms with Crippen LogP contribution in [-0.2, 0) is 14.3 Å². The van der Waals surface area contributed by atoms with Crippen molar-refractivity contribution in [3.05, 3.63) is 59.1 Å². The molecule has 0 unspecified atom stereocenters. The van der Waals surface area contributed by atoms with Gasteiger partial charge in [-0.1, -0.05) is 23.7 Å². The van der Waals surface area contributed by atoms with Crippen molar-refractivity contribution in [1.82, 2.24) is 0 Å². The van der Waals surface area contributed by atoms with E-state index in [4.69, 9.17) is 16.3 Å². The number of anilines is 1. The van der Waals surface area contributed by atoms with Crippen molar-refractivity contribution < 1.29 is 19.1 Å². The molecule has 1 aliphatic heterocycles. The summed E-state index contributed by atoms with van der Waals surface area (Å²) in [5.41, 5.74) is 1.12. The number of Topliss-reactive ketones (excluding diaryl/α,β-unsaturated/α-hetero) is 1. The van der Waals surface area contributed by atoms with Crippen LogP contribution in [0.15, 0.2) is 53.4 Å². The fourth-order valence-electron chi connectivity index (χ4n) is 2.87. The number of halogens is 1. The molecule has 1 fully saturated rings. The predicted molar refractivity (Wildman–Crippen MR) is 110 cm³/mol. The van der Waals surface area contributed by atoms with Gasteiger partial charge in [0.1, 0.15) is 5.25 Å². The van der Waals surface area contributed by atoms with Gasteiger partial charge in [0.05, 0.1) is 0 Å². The van der Waals surface area contributed by atoms with Gasteiger partial charge in [0, 0.05) is 34.1 Å². The van der Waals surface area contributed by atoms with E-state index in [0.717, 1.165) is 11.3 Å². The number of esters is 1. The van der Waals surface area contributed by atoms with E-state index < -0.39 is 11.2 Å². The van der Waals surface area contributed by atoms with Crippen molar-refractivity contribution in [3.63, 3.8) is 0 Å². The fourth-order valence-corrected chi connectivity index (χ4v) is 3.86. The molecule has 2 aromatic rings. The van der Waals surface area contributed by atoms with E-state index >= 15 is 0 Å². The molecule has 1 atom stereocenters. The number of hydrogen-bond donors (Lipinski definition) is 0. The standard InChI is InChI=1S/C21H20ClNO4S/c1-14(28-18-9-7-16(22)8-10-18)21(26)27-13-19(24)15-4-2-5-17(12-15)23-11-3-6-20(23)25/h2,4-5,7-10,12,14H,3,6,11,13H2,1H3/t14-/m1/s1. The number of hydrogen-bond acceptors (Lipinski definition) is 5. The Bertz CT molecular complexity index is 884. The Morgan fingerprint density at radius 2 is 1.96 bits per heavy atom. The number of carbonyl (C=O) groups excluding carboxylic acids is 3. The van der Waals surface area contributed by atoms with Gasteiger partial charge in [0.25, 0.3) is 0 Å². The lowest BCUT2D eigenvalue weighted by molar-refractivity contribution is -0.141. The Kier molecular flexibility index (Phi) is 6.75. The molecule has 7 heteroatoms. The molecule has 0 radical (unpaired) electrons. The van der Waals surface area contributed by atoms with Gasteiger partial charge in [-0.25, -0.2) is 0 Å². The summed E-state index contributed by atoms with van der Waals surface area (Å²) in [6.45, 7) is 2.05. The Morgan fingerprint density at radius 1 is 1.21 bits per heavy atom. The van der Waals surface area contributed by atoms with Crippen LogP contribution in [0.5, 0.6) is 0 Å². The van der Waals surface area contributed by atoms with Crippen LogP contribution in [-0.4, -0.2) is 36.1 Å². The van der Waals surface area contributed by atoms with Crippen molar-refractivity contribution in [1.29, 1.82) is 0 Å². The van der Waals surface area contributed by atoms with Crippen LogP contribution in [0, 0.1) is 0 Å². The maximum atomic E-state index is 12.4. The highest BCUT2D eigenvalue weighted by Gasteiger charge is 2.23. The zero-order valence-corrected chi connectivity index (χ0v) is 17.0. The third kappa shape index (κ3) is 5.14. The highest BCUT2D eigenvalue weighted by atomic mass is 35.5. The van der Waals surface area contributed by atoms with E-state index in [1.165, 1.54) is 11.8 Å². The maximum absolute atomic E-state index is 12.4. The fraction of sp³-hybridized carbons (Fsp3) is 0.286. The summed E-state index contributed by atoms with van der Waals surface area (Å²) in [6, 6.07) is 14.0. The Hall–Kier alpha value is -2.31. The number of amides is 1. The summed E-state index contributed by atoms with van der Waals surface area (Å²) in [6.07, 6.45) is 1.34. The molecule has 1 amide bonds. The Balaban J connectivity index is 1.55. The van der Waals surface area contributed by atoms with Crippen LogP contribution in [0.2, 0.25) is 5.02 Å². The zero-order chi connectivity index (χ0) is 20.1. The quantitative estimate of drug-likeness (QED) is 0.380. The second-order valence-electron chi connectivity index (χ2n) is 6.44. The molecule has 28 heavy (non-hydrogen) atoms. The van der Waals surface area contributed by atoms with E-state index in [9.17, 15) is 14.4 Å². The lowest BCUT2D eigenvalue weighted by Crippen LogP contribution is -2.24. The van der Waals surface area contributed by atoms with Crippen molar-refractivity contribution in [3.8, 4) is 0 Å². The van der Waals surface area contributed by atoms with Crippen molar-refractivity contribution >= 4 is 46.7 Å². The monoisotopic (exact) mass is 417 g/mol. The van der Waals surface area contributed by atoms with E-state index in [1.54, 1.807) is 48.2 Å². The zero-order valence-electron chi connectivity index (χ0n) is 15.4. The van der Waals surface area contributed by atoms with Crippen molar-refractivity contribution in [2.45, 2.75) is 29.9 Å². The number of thioether (sulfide) groups is 1. The summed E-state index contributed by atoms with van der Waals surface area (Å²) < 4.78 is 5.19. The number of nitrogens with zero attached hydrogens (tertiary/aromatic N) is 1. The van der Waals surface area contributed by atoms with Crippen LogP contribution >= 0.6 is 23.4 Å². The molecule has 3 rings (SSSR count). The molecule has 1 aliphatic rings. The lowest BCUT2D eigenvalue weighted by atomic mass is 10.1. The van der Waals surface area contributed by atoms with Gasteiger partial charge in [0.2, 0.25) is 5.91 Å². The smallest absolute Gasteiger partial charge is 0.319 e. The van der Waals surface area contributed by atoms with Crippen molar-refractivity contribution in [2.75, 3.05) is 18.1 Å². The molecule has 0 N–H and O–H groups in total. The Morgan fingerprint density at radius 3 is 2.64 bits per heavy atom. The minimum atomic E-state index is -0.459. The van der Waals surface area contributed by atoms with Crippen LogP contribution in [0.4, 0.5) is 5.69 Å². The molecule has 5 nitrogen and oxygen atoms in total. The van der Waals surface area contributed by atoms with Gasteiger partial charge in [-0.3, -0.25) is 14.4 Å². The first-order chi connectivity index (χ1) is 13.4. The maximum Gasteiger partial charge on any atom is 0.319 e. The molecule has 2 aromatic carbocycles. The Labute approximate surface area is 173 Å². The number of carbonyl (C=O) groups is 3. The van der Waals surface area contributed by atoms with Gasteiger partial charge in [-0.05, 0) is 49.7 Å². The third-order valence-corrected chi connectivity index (χ3v) is 5.70. The minimum absolute atomic E-state index is 0.0593. The highest BCUT2D eigenvalue weighted by molar-refractivity contribution is 8.00. The first-order valence-electron chi connectivity index (χ1n) is 8.96. The summed E-state index contributed by atoms with van der Waals surface area (Å²) in [5, 5.41) is 0.172.